The van der Waals surface area contributed by atoms with Crippen LogP contribution in [0.15, 0.2) is 23.1 Å². The molecule has 0 unspecified atom stereocenters. The molecule has 0 bridgehead atoms. The minimum absolute atomic E-state index is 0.0586. The molecule has 0 N–H and O–H groups in total. The number of nitrogens with zero attached hydrogens (tertiary/aromatic N) is 2. The molecule has 1 saturated heterocycles. The molecular formula is C16H23ClN2O4S. The summed E-state index contributed by atoms with van der Waals surface area (Å²) in [7, 11) is -2.28. The van der Waals surface area contributed by atoms with E-state index < -0.39 is 10.0 Å². The summed E-state index contributed by atoms with van der Waals surface area (Å²) in [6.07, 6.45) is 2.34. The number of piperazine rings is 1. The van der Waals surface area contributed by atoms with Gasteiger partial charge in [0, 0.05) is 37.6 Å². The van der Waals surface area contributed by atoms with E-state index in [0.29, 0.717) is 24.5 Å². The summed E-state index contributed by atoms with van der Waals surface area (Å²) in [6, 6.07) is 4.53. The fourth-order valence-electron chi connectivity index (χ4n) is 2.66. The second-order valence-electron chi connectivity index (χ2n) is 5.68. The maximum atomic E-state index is 12.9. The summed E-state index contributed by atoms with van der Waals surface area (Å²) in [5, 5.41) is 0.336. The molecular weight excluding hydrogens is 352 g/mol. The number of carbonyl (C=O) groups is 1. The van der Waals surface area contributed by atoms with Crippen LogP contribution in [0, 0.1) is 0 Å². The van der Waals surface area contributed by atoms with Crippen molar-refractivity contribution in [2.75, 3.05) is 33.3 Å². The lowest BCUT2D eigenvalue weighted by Gasteiger charge is -2.34. The number of ether oxygens (including phenoxy) is 1. The Balaban J connectivity index is 2.10. The Kier molecular flexibility index (Phi) is 6.48. The minimum atomic E-state index is -3.71. The van der Waals surface area contributed by atoms with Gasteiger partial charge >= 0.3 is 0 Å². The molecule has 0 spiro atoms. The molecule has 1 fully saturated rings. The van der Waals surface area contributed by atoms with E-state index >= 15 is 0 Å². The molecule has 2 rings (SSSR count). The fraction of sp³-hybridized carbons (Fsp3) is 0.562. The lowest BCUT2D eigenvalue weighted by atomic mass is 10.2. The third-order valence-corrected chi connectivity index (χ3v) is 6.23. The second kappa shape index (κ2) is 8.18. The second-order valence-corrected chi connectivity index (χ2v) is 8.03. The Morgan fingerprint density at radius 1 is 1.25 bits per heavy atom. The first-order valence-corrected chi connectivity index (χ1v) is 9.83. The summed E-state index contributed by atoms with van der Waals surface area (Å²) < 4.78 is 32.2. The van der Waals surface area contributed by atoms with Gasteiger partial charge in [0.25, 0.3) is 0 Å². The van der Waals surface area contributed by atoms with Crippen LogP contribution in [-0.4, -0.2) is 56.8 Å². The van der Waals surface area contributed by atoms with Crippen molar-refractivity contribution in [1.29, 1.82) is 0 Å². The average molecular weight is 375 g/mol. The molecule has 0 saturated carbocycles. The van der Waals surface area contributed by atoms with E-state index in [4.69, 9.17) is 16.3 Å². The number of sulfonamides is 1. The molecule has 1 aromatic carbocycles. The molecule has 1 aromatic rings. The smallest absolute Gasteiger partial charge is 0.246 e. The molecule has 8 heteroatoms. The molecule has 0 atom stereocenters. The van der Waals surface area contributed by atoms with E-state index in [2.05, 4.69) is 0 Å². The highest BCUT2D eigenvalue weighted by atomic mass is 35.5. The molecule has 1 aliphatic heterocycles. The number of hydrogen-bond acceptors (Lipinski definition) is 4. The number of carbonyl (C=O) groups excluding carboxylic acids is 1. The van der Waals surface area contributed by atoms with Gasteiger partial charge in [0.05, 0.1) is 7.11 Å². The highest BCUT2D eigenvalue weighted by molar-refractivity contribution is 7.89. The zero-order valence-corrected chi connectivity index (χ0v) is 15.6. The zero-order valence-electron chi connectivity index (χ0n) is 14.0. The lowest BCUT2D eigenvalue weighted by molar-refractivity contribution is -0.132. The molecule has 0 aliphatic carbocycles. The van der Waals surface area contributed by atoms with Gasteiger partial charge < -0.3 is 9.64 Å². The normalized spacial score (nSPS) is 16.2. The van der Waals surface area contributed by atoms with Crippen molar-refractivity contribution in [3.05, 3.63) is 23.2 Å². The Bertz CT molecular complexity index is 685. The molecule has 6 nitrogen and oxygen atoms in total. The molecule has 134 valence electrons. The molecule has 24 heavy (non-hydrogen) atoms. The summed E-state index contributed by atoms with van der Waals surface area (Å²) in [5.41, 5.74) is 0. The van der Waals surface area contributed by atoms with Crippen LogP contribution in [0.2, 0.25) is 5.02 Å². The predicted octanol–water partition coefficient (Wildman–Crippen LogP) is 2.37. The third-order valence-electron chi connectivity index (χ3n) is 4.08. The molecule has 0 aromatic heterocycles. The number of halogens is 1. The van der Waals surface area contributed by atoms with Gasteiger partial charge in [-0.25, -0.2) is 8.42 Å². The van der Waals surface area contributed by atoms with Crippen LogP contribution in [0.25, 0.3) is 0 Å². The Morgan fingerprint density at radius 2 is 1.92 bits per heavy atom. The standard InChI is InChI=1S/C16H23ClN2O4S/c1-3-4-5-16(20)18-8-10-19(11-9-18)24(21,22)15-12-13(17)6-7-14(15)23-2/h6-7,12H,3-5,8-11H2,1-2H3. The van der Waals surface area contributed by atoms with Gasteiger partial charge in [-0.15, -0.1) is 0 Å². The van der Waals surface area contributed by atoms with E-state index in [1.165, 1.54) is 17.5 Å². The summed E-state index contributed by atoms with van der Waals surface area (Å²) >= 11 is 5.94. The van der Waals surface area contributed by atoms with Gasteiger partial charge in [-0.2, -0.15) is 4.31 Å². The Hall–Kier alpha value is -1.31. The topological polar surface area (TPSA) is 66.9 Å². The molecule has 0 radical (unpaired) electrons. The Labute approximate surface area is 148 Å². The quantitative estimate of drug-likeness (QED) is 0.766. The largest absolute Gasteiger partial charge is 0.495 e. The van der Waals surface area contributed by atoms with Crippen LogP contribution in [0.4, 0.5) is 0 Å². The van der Waals surface area contributed by atoms with Gasteiger partial charge in [0.15, 0.2) is 0 Å². The van der Waals surface area contributed by atoms with Crippen LogP contribution in [-0.2, 0) is 14.8 Å². The van der Waals surface area contributed by atoms with E-state index in [9.17, 15) is 13.2 Å². The van der Waals surface area contributed by atoms with Crippen LogP contribution < -0.4 is 4.74 Å². The highest BCUT2D eigenvalue weighted by Crippen LogP contribution is 2.30. The van der Waals surface area contributed by atoms with Crippen molar-refractivity contribution in [2.45, 2.75) is 31.1 Å². The summed E-state index contributed by atoms with van der Waals surface area (Å²) in [4.78, 5) is 13.8. The lowest BCUT2D eigenvalue weighted by Crippen LogP contribution is -2.50. The van der Waals surface area contributed by atoms with E-state index in [0.717, 1.165) is 12.8 Å². The van der Waals surface area contributed by atoms with E-state index in [1.54, 1.807) is 17.0 Å². The number of unbranched alkanes of at least 4 members (excludes halogenated alkanes) is 1. The first-order valence-electron chi connectivity index (χ1n) is 8.01. The number of amides is 1. The van der Waals surface area contributed by atoms with Crippen molar-refractivity contribution < 1.29 is 17.9 Å². The van der Waals surface area contributed by atoms with Crippen LogP contribution >= 0.6 is 11.6 Å². The van der Waals surface area contributed by atoms with Gasteiger partial charge in [-0.05, 0) is 24.6 Å². The van der Waals surface area contributed by atoms with Crippen molar-refractivity contribution in [2.24, 2.45) is 0 Å². The molecule has 1 aliphatic rings. The van der Waals surface area contributed by atoms with Crippen LogP contribution in [0.1, 0.15) is 26.2 Å². The summed E-state index contributed by atoms with van der Waals surface area (Å²) in [6.45, 7) is 3.40. The van der Waals surface area contributed by atoms with Gasteiger partial charge in [0.1, 0.15) is 10.6 Å². The number of methoxy groups -OCH3 is 1. The predicted molar refractivity (Wildman–Crippen MR) is 92.9 cm³/mol. The highest BCUT2D eigenvalue weighted by Gasteiger charge is 2.32. The van der Waals surface area contributed by atoms with E-state index in [1.807, 2.05) is 6.92 Å². The Morgan fingerprint density at radius 3 is 2.50 bits per heavy atom. The van der Waals surface area contributed by atoms with E-state index in [-0.39, 0.29) is 29.6 Å². The maximum absolute atomic E-state index is 12.9. The fourth-order valence-corrected chi connectivity index (χ4v) is 4.50. The number of benzene rings is 1. The SMILES string of the molecule is CCCCC(=O)N1CCN(S(=O)(=O)c2cc(Cl)ccc2OC)CC1. The number of rotatable bonds is 6. The van der Waals surface area contributed by atoms with Crippen LogP contribution in [0.5, 0.6) is 5.75 Å². The van der Waals surface area contributed by atoms with Crippen molar-refractivity contribution in [3.8, 4) is 5.75 Å². The van der Waals surface area contributed by atoms with Crippen LogP contribution in [0.3, 0.4) is 0 Å². The first kappa shape index (κ1) is 19.0. The monoisotopic (exact) mass is 374 g/mol. The van der Waals surface area contributed by atoms with Crippen molar-refractivity contribution in [1.82, 2.24) is 9.21 Å². The summed E-state index contributed by atoms with van der Waals surface area (Å²) in [5.74, 6) is 0.357. The van der Waals surface area contributed by atoms with Gasteiger partial charge in [-0.1, -0.05) is 24.9 Å². The minimum Gasteiger partial charge on any atom is -0.495 e. The first-order chi connectivity index (χ1) is 11.4. The molecule has 1 heterocycles. The average Bonchev–Trinajstić information content (AvgIpc) is 2.59. The van der Waals surface area contributed by atoms with Gasteiger partial charge in [0.2, 0.25) is 15.9 Å². The van der Waals surface area contributed by atoms with Crippen molar-refractivity contribution >= 4 is 27.5 Å². The third kappa shape index (κ3) is 4.20. The van der Waals surface area contributed by atoms with Gasteiger partial charge in [-0.3, -0.25) is 4.79 Å². The number of hydrogen-bond donors (Lipinski definition) is 0. The molecule has 1 amide bonds. The zero-order chi connectivity index (χ0) is 17.7. The van der Waals surface area contributed by atoms with Crippen molar-refractivity contribution in [3.63, 3.8) is 0 Å². The maximum Gasteiger partial charge on any atom is 0.246 e.